The first-order chi connectivity index (χ1) is 11.4. The highest BCUT2D eigenvalue weighted by atomic mass is 32.1. The topological polar surface area (TPSA) is 12.9 Å². The van der Waals surface area contributed by atoms with Gasteiger partial charge in [0.1, 0.15) is 0 Å². The van der Waals surface area contributed by atoms with Gasteiger partial charge in [0.05, 0.1) is 10.7 Å². The summed E-state index contributed by atoms with van der Waals surface area (Å²) in [7, 11) is 0. The number of thiazole rings is 1. The highest BCUT2D eigenvalue weighted by Crippen LogP contribution is 2.31. The van der Waals surface area contributed by atoms with Crippen LogP contribution >= 0.6 is 11.3 Å². The molecule has 1 nitrogen and oxygen atoms in total. The fraction of sp³-hybridized carbons (Fsp3) is 0.381. The van der Waals surface area contributed by atoms with Gasteiger partial charge in [-0.05, 0) is 29.5 Å². The molecule has 1 aliphatic carbocycles. The van der Waals surface area contributed by atoms with Gasteiger partial charge in [-0.2, -0.15) is 0 Å². The van der Waals surface area contributed by atoms with E-state index in [1.165, 1.54) is 59.9 Å². The maximum Gasteiger partial charge on any atom is 0.0932 e. The first kappa shape index (κ1) is 14.9. The van der Waals surface area contributed by atoms with Crippen molar-refractivity contribution in [2.45, 2.75) is 44.9 Å². The van der Waals surface area contributed by atoms with E-state index in [9.17, 15) is 0 Å². The minimum absolute atomic E-state index is 0.939. The van der Waals surface area contributed by atoms with Crippen LogP contribution in [0.25, 0.3) is 22.0 Å². The molecule has 0 amide bonds. The fourth-order valence-electron chi connectivity index (χ4n) is 3.80. The first-order valence-electron chi connectivity index (χ1n) is 8.83. The number of aromatic nitrogens is 1. The Kier molecular flexibility index (Phi) is 4.43. The fourth-order valence-corrected chi connectivity index (χ4v) is 4.62. The average molecular weight is 321 g/mol. The van der Waals surface area contributed by atoms with E-state index in [1.807, 2.05) is 11.3 Å². The summed E-state index contributed by atoms with van der Waals surface area (Å²) in [5.74, 6) is 0.939. The molecule has 0 N–H and O–H groups in total. The first-order valence-corrected chi connectivity index (χ1v) is 9.71. The van der Waals surface area contributed by atoms with Crippen molar-refractivity contribution < 1.29 is 0 Å². The zero-order chi connectivity index (χ0) is 15.5. The molecule has 0 radical (unpaired) electrons. The van der Waals surface area contributed by atoms with Crippen molar-refractivity contribution in [1.29, 1.82) is 0 Å². The average Bonchev–Trinajstić information content (AvgIpc) is 3.09. The van der Waals surface area contributed by atoms with E-state index in [4.69, 9.17) is 4.98 Å². The third-order valence-corrected chi connectivity index (χ3v) is 6.02. The molecule has 118 valence electrons. The summed E-state index contributed by atoms with van der Waals surface area (Å²) in [6.45, 7) is 0. The lowest BCUT2D eigenvalue weighted by Crippen LogP contribution is -2.07. The number of hydrogen-bond acceptors (Lipinski definition) is 2. The van der Waals surface area contributed by atoms with Crippen LogP contribution in [0.15, 0.2) is 47.8 Å². The van der Waals surface area contributed by atoms with Gasteiger partial charge in [0.15, 0.2) is 0 Å². The summed E-state index contributed by atoms with van der Waals surface area (Å²) in [5, 5.41) is 6.14. The Balaban J connectivity index is 1.52. The summed E-state index contributed by atoms with van der Waals surface area (Å²) in [4.78, 5) is 4.93. The molecule has 0 spiro atoms. The van der Waals surface area contributed by atoms with Crippen LogP contribution < -0.4 is 0 Å². The Morgan fingerprint density at radius 2 is 1.78 bits per heavy atom. The Bertz CT molecular complexity index is 778. The smallest absolute Gasteiger partial charge is 0.0932 e. The van der Waals surface area contributed by atoms with Crippen molar-refractivity contribution in [3.63, 3.8) is 0 Å². The summed E-state index contributed by atoms with van der Waals surface area (Å²) in [5.41, 5.74) is 2.41. The van der Waals surface area contributed by atoms with Crippen molar-refractivity contribution in [1.82, 2.24) is 4.98 Å². The number of nitrogens with zero attached hydrogens (tertiary/aromatic N) is 1. The quantitative estimate of drug-likeness (QED) is 0.536. The number of benzene rings is 2. The summed E-state index contributed by atoms with van der Waals surface area (Å²) in [6.07, 6.45) is 9.65. The van der Waals surface area contributed by atoms with Crippen molar-refractivity contribution in [3.8, 4) is 11.3 Å². The molecule has 3 aromatic rings. The van der Waals surface area contributed by atoms with Gasteiger partial charge in [0.25, 0.3) is 0 Å². The van der Waals surface area contributed by atoms with E-state index >= 15 is 0 Å². The van der Waals surface area contributed by atoms with Gasteiger partial charge in [-0.1, -0.05) is 74.6 Å². The summed E-state index contributed by atoms with van der Waals surface area (Å²) >= 11 is 1.83. The molecule has 0 saturated heterocycles. The van der Waals surface area contributed by atoms with Crippen LogP contribution in [0.2, 0.25) is 0 Å². The minimum Gasteiger partial charge on any atom is -0.241 e. The predicted octanol–water partition coefficient (Wildman–Crippen LogP) is 6.48. The van der Waals surface area contributed by atoms with Gasteiger partial charge in [0, 0.05) is 10.9 Å². The zero-order valence-corrected chi connectivity index (χ0v) is 14.3. The van der Waals surface area contributed by atoms with Gasteiger partial charge in [-0.25, -0.2) is 4.98 Å². The molecule has 2 aromatic carbocycles. The molecular formula is C21H23NS. The molecule has 1 aromatic heterocycles. The van der Waals surface area contributed by atoms with E-state index in [2.05, 4.69) is 47.8 Å². The number of rotatable bonds is 4. The maximum atomic E-state index is 4.93. The largest absolute Gasteiger partial charge is 0.241 e. The molecule has 1 fully saturated rings. The minimum atomic E-state index is 0.939. The van der Waals surface area contributed by atoms with Gasteiger partial charge >= 0.3 is 0 Å². The zero-order valence-electron chi connectivity index (χ0n) is 13.5. The van der Waals surface area contributed by atoms with Crippen LogP contribution in [0.1, 0.15) is 43.5 Å². The second-order valence-electron chi connectivity index (χ2n) is 6.70. The van der Waals surface area contributed by atoms with Crippen molar-refractivity contribution >= 4 is 22.1 Å². The van der Waals surface area contributed by atoms with Crippen molar-refractivity contribution in [2.75, 3.05) is 0 Å². The molecule has 23 heavy (non-hydrogen) atoms. The monoisotopic (exact) mass is 321 g/mol. The van der Waals surface area contributed by atoms with Gasteiger partial charge in [-0.15, -0.1) is 11.3 Å². The SMILES string of the molecule is c1ccc2c(-c3csc(CCC4CCCCC4)n3)cccc2c1. The van der Waals surface area contributed by atoms with Crippen LogP contribution in [-0.2, 0) is 6.42 Å². The Hall–Kier alpha value is -1.67. The highest BCUT2D eigenvalue weighted by Gasteiger charge is 2.14. The third-order valence-electron chi connectivity index (χ3n) is 5.11. The number of fused-ring (bicyclic) bond motifs is 1. The molecule has 0 unspecified atom stereocenters. The summed E-state index contributed by atoms with van der Waals surface area (Å²) in [6, 6.07) is 15.1. The van der Waals surface area contributed by atoms with Crippen LogP contribution in [0.3, 0.4) is 0 Å². The predicted molar refractivity (Wildman–Crippen MR) is 100.0 cm³/mol. The van der Waals surface area contributed by atoms with Crippen LogP contribution in [0.5, 0.6) is 0 Å². The highest BCUT2D eigenvalue weighted by molar-refractivity contribution is 7.09. The van der Waals surface area contributed by atoms with Crippen LogP contribution in [-0.4, -0.2) is 4.98 Å². The second-order valence-corrected chi connectivity index (χ2v) is 7.64. The molecule has 1 heterocycles. The van der Waals surface area contributed by atoms with Crippen molar-refractivity contribution in [3.05, 3.63) is 52.9 Å². The molecule has 1 saturated carbocycles. The number of hydrogen-bond donors (Lipinski definition) is 0. The normalized spacial score (nSPS) is 16.0. The molecule has 2 heteroatoms. The Labute approximate surface area is 142 Å². The van der Waals surface area contributed by atoms with Gasteiger partial charge in [0.2, 0.25) is 0 Å². The van der Waals surface area contributed by atoms with Crippen molar-refractivity contribution in [2.24, 2.45) is 5.92 Å². The van der Waals surface area contributed by atoms with Gasteiger partial charge < -0.3 is 0 Å². The maximum absolute atomic E-state index is 4.93. The lowest BCUT2D eigenvalue weighted by Gasteiger charge is -2.20. The van der Waals surface area contributed by atoms with E-state index in [0.717, 1.165) is 18.0 Å². The summed E-state index contributed by atoms with van der Waals surface area (Å²) < 4.78 is 0. The van der Waals surface area contributed by atoms with E-state index in [0.29, 0.717) is 0 Å². The molecule has 0 atom stereocenters. The van der Waals surface area contributed by atoms with Crippen LogP contribution in [0.4, 0.5) is 0 Å². The Morgan fingerprint density at radius 1 is 0.957 bits per heavy atom. The molecule has 0 aliphatic heterocycles. The molecule has 4 rings (SSSR count). The third kappa shape index (κ3) is 3.32. The van der Waals surface area contributed by atoms with Crippen LogP contribution in [0, 0.1) is 5.92 Å². The molecule has 1 aliphatic rings. The Morgan fingerprint density at radius 3 is 2.70 bits per heavy atom. The lowest BCUT2D eigenvalue weighted by molar-refractivity contribution is 0.339. The lowest BCUT2D eigenvalue weighted by atomic mass is 9.86. The van der Waals surface area contributed by atoms with E-state index in [1.54, 1.807) is 0 Å². The number of aryl methyl sites for hydroxylation is 1. The van der Waals surface area contributed by atoms with E-state index in [-0.39, 0.29) is 0 Å². The molecular weight excluding hydrogens is 298 g/mol. The second kappa shape index (κ2) is 6.84. The molecule has 0 bridgehead atoms. The van der Waals surface area contributed by atoms with Gasteiger partial charge in [-0.3, -0.25) is 0 Å². The standard InChI is InChI=1S/C21H23NS/c1-2-7-16(8-3-1)13-14-21-22-20(15-23-21)19-12-6-10-17-9-4-5-11-18(17)19/h4-6,9-12,15-16H,1-3,7-8,13-14H2. The van der Waals surface area contributed by atoms with E-state index < -0.39 is 0 Å².